The lowest BCUT2D eigenvalue weighted by Crippen LogP contribution is -2.37. The molecule has 0 saturated carbocycles. The van der Waals surface area contributed by atoms with Crippen LogP contribution >= 0.6 is 0 Å². The first kappa shape index (κ1) is 26.4. The zero-order chi connectivity index (χ0) is 25.5. The summed E-state index contributed by atoms with van der Waals surface area (Å²) in [6, 6.07) is 13.1. The minimum Gasteiger partial charge on any atom is -0.432 e. The Kier molecular flexibility index (Phi) is 9.18. The van der Waals surface area contributed by atoms with Crippen LogP contribution in [0.25, 0.3) is 10.8 Å². The largest absolute Gasteiger partial charge is 0.432 e. The summed E-state index contributed by atoms with van der Waals surface area (Å²) in [6.45, 7) is 0.712. The monoisotopic (exact) mass is 506 g/mol. The van der Waals surface area contributed by atoms with Gasteiger partial charge in [-0.15, -0.1) is 0 Å². The lowest BCUT2D eigenvalue weighted by molar-refractivity contribution is -0.227. The van der Waals surface area contributed by atoms with E-state index < -0.39 is 18.2 Å². The molecule has 1 aliphatic rings. The van der Waals surface area contributed by atoms with E-state index in [4.69, 9.17) is 14.2 Å². The number of hydrogen-bond donors (Lipinski definition) is 0. The number of alkyl halides is 2. The molecule has 0 spiro atoms. The summed E-state index contributed by atoms with van der Waals surface area (Å²) in [5.74, 6) is -1.68. The Balaban J connectivity index is 1.33. The molecule has 1 saturated heterocycles. The summed E-state index contributed by atoms with van der Waals surface area (Å²) in [5.41, 5.74) is 2.14. The Morgan fingerprint density at radius 3 is 2.39 bits per heavy atom. The first-order chi connectivity index (χ1) is 17.4. The Morgan fingerprint density at radius 2 is 1.67 bits per heavy atom. The number of benzene rings is 3. The van der Waals surface area contributed by atoms with E-state index in [0.717, 1.165) is 35.9 Å². The molecule has 0 radical (unpaired) electrons. The smallest absolute Gasteiger partial charge is 0.387 e. The van der Waals surface area contributed by atoms with Crippen LogP contribution < -0.4 is 4.74 Å². The van der Waals surface area contributed by atoms with Gasteiger partial charge in [-0.2, -0.15) is 8.78 Å². The molecular formula is C28H30F4O4. The van der Waals surface area contributed by atoms with Crippen molar-refractivity contribution in [1.82, 2.24) is 0 Å². The van der Waals surface area contributed by atoms with Gasteiger partial charge in [0.15, 0.2) is 17.9 Å². The van der Waals surface area contributed by atoms with E-state index in [1.165, 1.54) is 6.07 Å². The standard InChI is InChI=1S/C28H30F4O4/c1-2-13-33-22-16-34-26(35-17-22)12-6-18-4-10-23-21(14-18)9-8-20(27(23)30)7-3-19-5-11-25(24(29)15-19)36-28(31)32/h4-5,8-11,14-15,22,26,28H,2-3,6-7,12-13,16-17H2,1H3. The molecule has 0 aliphatic carbocycles. The maximum atomic E-state index is 15.2. The molecule has 0 atom stereocenters. The molecule has 194 valence electrons. The van der Waals surface area contributed by atoms with Gasteiger partial charge < -0.3 is 18.9 Å². The average molecular weight is 507 g/mol. The molecule has 0 N–H and O–H groups in total. The van der Waals surface area contributed by atoms with Crippen LogP contribution in [0, 0.1) is 11.6 Å². The molecule has 4 nitrogen and oxygen atoms in total. The second kappa shape index (κ2) is 12.5. The fourth-order valence-electron chi connectivity index (χ4n) is 4.26. The van der Waals surface area contributed by atoms with Crippen molar-refractivity contribution in [3.05, 3.63) is 76.9 Å². The number of fused-ring (bicyclic) bond motifs is 1. The van der Waals surface area contributed by atoms with Crippen molar-refractivity contribution in [2.45, 2.75) is 58.0 Å². The normalized spacial score (nSPS) is 18.2. The third-order valence-electron chi connectivity index (χ3n) is 6.16. The first-order valence-electron chi connectivity index (χ1n) is 12.2. The van der Waals surface area contributed by atoms with Gasteiger partial charge in [0.1, 0.15) is 11.9 Å². The topological polar surface area (TPSA) is 36.9 Å². The predicted molar refractivity (Wildman–Crippen MR) is 128 cm³/mol. The number of rotatable bonds is 11. The highest BCUT2D eigenvalue weighted by Gasteiger charge is 2.22. The molecule has 1 heterocycles. The summed E-state index contributed by atoms with van der Waals surface area (Å²) in [5, 5.41) is 1.32. The average Bonchev–Trinajstić information content (AvgIpc) is 2.87. The summed E-state index contributed by atoms with van der Waals surface area (Å²) in [7, 11) is 0. The van der Waals surface area contributed by atoms with Crippen LogP contribution in [0.1, 0.15) is 36.5 Å². The van der Waals surface area contributed by atoms with Crippen molar-refractivity contribution in [2.24, 2.45) is 0 Å². The summed E-state index contributed by atoms with van der Waals surface area (Å²) in [6.07, 6.45) is 2.80. The van der Waals surface area contributed by atoms with Crippen molar-refractivity contribution < 1.29 is 36.5 Å². The van der Waals surface area contributed by atoms with Crippen molar-refractivity contribution in [3.8, 4) is 5.75 Å². The van der Waals surface area contributed by atoms with E-state index >= 15 is 4.39 Å². The Morgan fingerprint density at radius 1 is 0.917 bits per heavy atom. The highest BCUT2D eigenvalue weighted by Crippen LogP contribution is 2.26. The van der Waals surface area contributed by atoms with Crippen LogP contribution in [0.5, 0.6) is 5.75 Å². The zero-order valence-corrected chi connectivity index (χ0v) is 20.2. The van der Waals surface area contributed by atoms with Crippen LogP contribution in [0.15, 0.2) is 48.5 Å². The van der Waals surface area contributed by atoms with Gasteiger partial charge in [-0.1, -0.05) is 43.3 Å². The molecule has 4 rings (SSSR count). The van der Waals surface area contributed by atoms with Gasteiger partial charge in [0.2, 0.25) is 0 Å². The van der Waals surface area contributed by atoms with Crippen molar-refractivity contribution in [3.63, 3.8) is 0 Å². The lowest BCUT2D eigenvalue weighted by atomic mass is 9.98. The molecule has 1 aliphatic heterocycles. The Bertz CT molecular complexity index is 1150. The molecule has 3 aromatic rings. The Labute approximate surface area is 208 Å². The first-order valence-corrected chi connectivity index (χ1v) is 12.2. The van der Waals surface area contributed by atoms with Crippen LogP contribution in [0.2, 0.25) is 0 Å². The maximum absolute atomic E-state index is 15.2. The van der Waals surface area contributed by atoms with Gasteiger partial charge in [-0.3, -0.25) is 0 Å². The van der Waals surface area contributed by atoms with Crippen LogP contribution in [-0.4, -0.2) is 38.8 Å². The molecule has 36 heavy (non-hydrogen) atoms. The van der Waals surface area contributed by atoms with Crippen molar-refractivity contribution >= 4 is 10.8 Å². The second-order valence-electron chi connectivity index (χ2n) is 8.87. The van der Waals surface area contributed by atoms with E-state index in [9.17, 15) is 13.2 Å². The van der Waals surface area contributed by atoms with Crippen LogP contribution in [0.4, 0.5) is 17.6 Å². The predicted octanol–water partition coefficient (Wildman–Crippen LogP) is 6.61. The Hall–Kier alpha value is -2.68. The van der Waals surface area contributed by atoms with E-state index in [1.54, 1.807) is 12.1 Å². The fraction of sp³-hybridized carbons (Fsp3) is 0.429. The van der Waals surface area contributed by atoms with Gasteiger partial charge in [-0.25, -0.2) is 8.78 Å². The maximum Gasteiger partial charge on any atom is 0.387 e. The van der Waals surface area contributed by atoms with Gasteiger partial charge in [-0.05, 0) is 59.9 Å². The summed E-state index contributed by atoms with van der Waals surface area (Å²) < 4.78 is 75.0. The van der Waals surface area contributed by atoms with E-state index in [1.807, 2.05) is 18.2 Å². The molecule has 0 unspecified atom stereocenters. The molecular weight excluding hydrogens is 476 g/mol. The number of halogens is 4. The van der Waals surface area contributed by atoms with Gasteiger partial charge in [0, 0.05) is 18.4 Å². The van der Waals surface area contributed by atoms with E-state index in [2.05, 4.69) is 11.7 Å². The van der Waals surface area contributed by atoms with E-state index in [-0.39, 0.29) is 18.2 Å². The van der Waals surface area contributed by atoms with Crippen molar-refractivity contribution in [2.75, 3.05) is 19.8 Å². The lowest BCUT2D eigenvalue weighted by Gasteiger charge is -2.29. The minimum absolute atomic E-state index is 0.0167. The minimum atomic E-state index is -3.09. The molecule has 1 fully saturated rings. The zero-order valence-electron chi connectivity index (χ0n) is 20.2. The summed E-state index contributed by atoms with van der Waals surface area (Å²) >= 11 is 0. The third-order valence-corrected chi connectivity index (χ3v) is 6.16. The van der Waals surface area contributed by atoms with Crippen LogP contribution in [0.3, 0.4) is 0 Å². The van der Waals surface area contributed by atoms with Crippen LogP contribution in [-0.2, 0) is 33.5 Å². The third kappa shape index (κ3) is 6.96. The highest BCUT2D eigenvalue weighted by atomic mass is 19.3. The second-order valence-corrected chi connectivity index (χ2v) is 8.87. The molecule has 8 heteroatoms. The molecule has 3 aromatic carbocycles. The number of hydrogen-bond acceptors (Lipinski definition) is 4. The van der Waals surface area contributed by atoms with Gasteiger partial charge >= 0.3 is 6.61 Å². The van der Waals surface area contributed by atoms with Gasteiger partial charge in [0.25, 0.3) is 0 Å². The highest BCUT2D eigenvalue weighted by molar-refractivity contribution is 5.84. The fourth-order valence-corrected chi connectivity index (χ4v) is 4.26. The molecule has 0 aromatic heterocycles. The van der Waals surface area contributed by atoms with Gasteiger partial charge in [0.05, 0.1) is 13.2 Å². The molecule has 0 amide bonds. The molecule has 0 bridgehead atoms. The van der Waals surface area contributed by atoms with E-state index in [0.29, 0.717) is 55.6 Å². The van der Waals surface area contributed by atoms with Crippen molar-refractivity contribution in [1.29, 1.82) is 0 Å². The number of aryl methyl sites for hydroxylation is 3. The quantitative estimate of drug-likeness (QED) is 0.275. The number of ether oxygens (including phenoxy) is 4. The SMILES string of the molecule is CCCOC1COC(CCc2ccc3c(F)c(CCc4ccc(OC(F)F)c(F)c4)ccc3c2)OC1. The summed E-state index contributed by atoms with van der Waals surface area (Å²) in [4.78, 5) is 0.